The summed E-state index contributed by atoms with van der Waals surface area (Å²) in [7, 11) is -3.11. The molecule has 0 amide bonds. The Bertz CT molecular complexity index is 377. The fourth-order valence-electron chi connectivity index (χ4n) is 3.48. The summed E-state index contributed by atoms with van der Waals surface area (Å²) in [4.78, 5) is 0. The number of hydrogen-bond acceptors (Lipinski definition) is 3. The largest absolute Gasteiger partial charge is 0.317 e. The highest BCUT2D eigenvalue weighted by Crippen LogP contribution is 2.29. The number of piperidine rings is 1. The monoisotopic (exact) mass is 288 g/mol. The van der Waals surface area contributed by atoms with Gasteiger partial charge in [0.15, 0.2) is 0 Å². The van der Waals surface area contributed by atoms with E-state index in [9.17, 15) is 8.42 Å². The van der Waals surface area contributed by atoms with Gasteiger partial charge in [0, 0.05) is 6.04 Å². The Balaban J connectivity index is 1.86. The van der Waals surface area contributed by atoms with Crippen LogP contribution in [-0.4, -0.2) is 33.3 Å². The molecule has 19 heavy (non-hydrogen) atoms. The van der Waals surface area contributed by atoms with Gasteiger partial charge in [-0.2, -0.15) is 0 Å². The Morgan fingerprint density at radius 1 is 1.11 bits per heavy atom. The molecule has 1 saturated carbocycles. The fraction of sp³-hybridized carbons (Fsp3) is 1.00. The van der Waals surface area contributed by atoms with Gasteiger partial charge in [0.25, 0.3) is 0 Å². The maximum Gasteiger partial charge on any atom is 0.212 e. The van der Waals surface area contributed by atoms with Crippen LogP contribution in [-0.2, 0) is 10.0 Å². The highest BCUT2D eigenvalue weighted by atomic mass is 32.2. The molecule has 2 N–H and O–H groups in total. The molecule has 1 heterocycles. The number of sulfonamides is 1. The summed E-state index contributed by atoms with van der Waals surface area (Å²) in [6, 6.07) is 0.155. The Morgan fingerprint density at radius 3 is 2.42 bits per heavy atom. The van der Waals surface area contributed by atoms with Crippen LogP contribution in [0.5, 0.6) is 0 Å². The van der Waals surface area contributed by atoms with Crippen LogP contribution >= 0.6 is 0 Å². The van der Waals surface area contributed by atoms with Gasteiger partial charge >= 0.3 is 0 Å². The van der Waals surface area contributed by atoms with Gasteiger partial charge in [0.05, 0.1) is 5.75 Å². The molecule has 2 aliphatic rings. The summed E-state index contributed by atoms with van der Waals surface area (Å²) in [5.74, 6) is 1.84. The molecular weight excluding hydrogens is 260 g/mol. The number of hydrogen-bond donors (Lipinski definition) is 2. The van der Waals surface area contributed by atoms with Crippen molar-refractivity contribution < 1.29 is 8.42 Å². The molecule has 3 atom stereocenters. The molecule has 0 aromatic carbocycles. The van der Waals surface area contributed by atoms with E-state index in [1.54, 1.807) is 0 Å². The van der Waals surface area contributed by atoms with Crippen LogP contribution in [0, 0.1) is 17.8 Å². The van der Waals surface area contributed by atoms with Crippen molar-refractivity contribution in [3.8, 4) is 0 Å². The first-order chi connectivity index (χ1) is 8.96. The van der Waals surface area contributed by atoms with E-state index in [1.807, 2.05) is 0 Å². The molecule has 2 rings (SSSR count). The van der Waals surface area contributed by atoms with Crippen molar-refractivity contribution in [2.24, 2.45) is 17.8 Å². The zero-order chi connectivity index (χ0) is 13.9. The lowest BCUT2D eigenvalue weighted by Crippen LogP contribution is -2.45. The summed E-state index contributed by atoms with van der Waals surface area (Å²) >= 11 is 0. The van der Waals surface area contributed by atoms with Crippen LogP contribution in [0.4, 0.5) is 0 Å². The highest BCUT2D eigenvalue weighted by molar-refractivity contribution is 7.89. The van der Waals surface area contributed by atoms with Crippen molar-refractivity contribution >= 4 is 10.0 Å². The van der Waals surface area contributed by atoms with Gasteiger partial charge in [-0.15, -0.1) is 0 Å². The van der Waals surface area contributed by atoms with Crippen LogP contribution in [0.3, 0.4) is 0 Å². The minimum Gasteiger partial charge on any atom is -0.317 e. The minimum absolute atomic E-state index is 0.155. The zero-order valence-electron chi connectivity index (χ0n) is 12.2. The van der Waals surface area contributed by atoms with Gasteiger partial charge in [-0.3, -0.25) is 0 Å². The first kappa shape index (κ1) is 15.3. The van der Waals surface area contributed by atoms with Gasteiger partial charge < -0.3 is 5.32 Å². The van der Waals surface area contributed by atoms with E-state index in [0.29, 0.717) is 17.6 Å². The van der Waals surface area contributed by atoms with Gasteiger partial charge in [-0.05, 0) is 62.9 Å². The van der Waals surface area contributed by atoms with Crippen molar-refractivity contribution in [1.82, 2.24) is 10.0 Å². The van der Waals surface area contributed by atoms with Crippen molar-refractivity contribution in [3.05, 3.63) is 0 Å². The predicted molar refractivity (Wildman–Crippen MR) is 78.5 cm³/mol. The van der Waals surface area contributed by atoms with E-state index >= 15 is 0 Å². The fourth-order valence-corrected chi connectivity index (χ4v) is 5.34. The predicted octanol–water partition coefficient (Wildman–Crippen LogP) is 1.73. The van der Waals surface area contributed by atoms with E-state index in [2.05, 4.69) is 23.9 Å². The summed E-state index contributed by atoms with van der Waals surface area (Å²) in [5.41, 5.74) is 0. The number of rotatable bonds is 4. The molecule has 1 aliphatic heterocycles. The molecule has 112 valence electrons. The summed E-state index contributed by atoms with van der Waals surface area (Å²) in [6.07, 6.45) is 5.25. The third-order valence-corrected chi connectivity index (χ3v) is 6.25. The zero-order valence-corrected chi connectivity index (χ0v) is 13.0. The van der Waals surface area contributed by atoms with Gasteiger partial charge in [-0.25, -0.2) is 13.1 Å². The Kier molecular flexibility index (Phi) is 5.26. The molecular formula is C14H28N2O2S. The van der Waals surface area contributed by atoms with Crippen molar-refractivity contribution in [2.45, 2.75) is 52.0 Å². The van der Waals surface area contributed by atoms with E-state index in [-0.39, 0.29) is 6.04 Å². The third-order valence-electron chi connectivity index (χ3n) is 4.68. The lowest BCUT2D eigenvalue weighted by atomic mass is 9.80. The van der Waals surface area contributed by atoms with Crippen LogP contribution in [0.2, 0.25) is 0 Å². The molecule has 2 fully saturated rings. The SMILES string of the molecule is CC1CCC(NS(=O)(=O)CC2CCNCC2)C(C)C1. The maximum atomic E-state index is 12.3. The third kappa shape index (κ3) is 4.72. The molecule has 0 aromatic rings. The van der Waals surface area contributed by atoms with Gasteiger partial charge in [0.2, 0.25) is 10.0 Å². The second-order valence-electron chi connectivity index (χ2n) is 6.59. The lowest BCUT2D eigenvalue weighted by Gasteiger charge is -2.33. The first-order valence-electron chi connectivity index (χ1n) is 7.67. The van der Waals surface area contributed by atoms with Crippen molar-refractivity contribution in [1.29, 1.82) is 0 Å². The highest BCUT2D eigenvalue weighted by Gasteiger charge is 2.30. The first-order valence-corrected chi connectivity index (χ1v) is 9.32. The van der Waals surface area contributed by atoms with Gasteiger partial charge in [0.1, 0.15) is 0 Å². The van der Waals surface area contributed by atoms with Crippen LogP contribution in [0.25, 0.3) is 0 Å². The number of nitrogens with one attached hydrogen (secondary N) is 2. The van der Waals surface area contributed by atoms with Gasteiger partial charge in [-0.1, -0.05) is 13.8 Å². The summed E-state index contributed by atoms with van der Waals surface area (Å²) < 4.78 is 27.5. The van der Waals surface area contributed by atoms with E-state index in [0.717, 1.165) is 51.1 Å². The molecule has 1 aliphatic carbocycles. The maximum absolute atomic E-state index is 12.3. The average Bonchev–Trinajstić information content (AvgIpc) is 2.33. The van der Waals surface area contributed by atoms with Crippen molar-refractivity contribution in [3.63, 3.8) is 0 Å². The molecule has 3 unspecified atom stereocenters. The molecule has 0 aromatic heterocycles. The lowest BCUT2D eigenvalue weighted by molar-refractivity contribution is 0.248. The standard InChI is InChI=1S/C14H28N2O2S/c1-11-3-4-14(12(2)9-11)16-19(17,18)10-13-5-7-15-8-6-13/h11-16H,3-10H2,1-2H3. The van der Waals surface area contributed by atoms with E-state index in [1.165, 1.54) is 0 Å². The summed E-state index contributed by atoms with van der Waals surface area (Å²) in [6.45, 7) is 6.35. The molecule has 0 bridgehead atoms. The Hall–Kier alpha value is -0.130. The molecule has 5 heteroatoms. The Labute approximate surface area is 117 Å². The molecule has 1 saturated heterocycles. The molecule has 0 radical (unpaired) electrons. The second-order valence-corrected chi connectivity index (χ2v) is 8.39. The van der Waals surface area contributed by atoms with Crippen LogP contribution in [0.1, 0.15) is 46.0 Å². The van der Waals surface area contributed by atoms with Crippen LogP contribution < -0.4 is 10.0 Å². The minimum atomic E-state index is -3.11. The topological polar surface area (TPSA) is 58.2 Å². The molecule has 0 spiro atoms. The average molecular weight is 288 g/mol. The smallest absolute Gasteiger partial charge is 0.212 e. The van der Waals surface area contributed by atoms with E-state index < -0.39 is 10.0 Å². The normalized spacial score (nSPS) is 34.3. The summed E-state index contributed by atoms with van der Waals surface area (Å²) in [5, 5.41) is 3.28. The van der Waals surface area contributed by atoms with Crippen LogP contribution in [0.15, 0.2) is 0 Å². The van der Waals surface area contributed by atoms with E-state index in [4.69, 9.17) is 0 Å². The Morgan fingerprint density at radius 2 is 1.79 bits per heavy atom. The molecule has 4 nitrogen and oxygen atoms in total. The second kappa shape index (κ2) is 6.55. The quantitative estimate of drug-likeness (QED) is 0.828. The van der Waals surface area contributed by atoms with Crippen molar-refractivity contribution in [2.75, 3.05) is 18.8 Å².